The number of carbonyl (C=O) groups excluding carboxylic acids is 1. The van der Waals surface area contributed by atoms with E-state index in [1.807, 2.05) is 23.8 Å². The highest BCUT2D eigenvalue weighted by molar-refractivity contribution is 5.88. The molecule has 1 aliphatic heterocycles. The number of nitrogens with two attached hydrogens (primary N) is 2. The molecule has 1 fully saturated rings. The van der Waals surface area contributed by atoms with Crippen LogP contribution in [0.3, 0.4) is 0 Å². The number of nitrogens with zero attached hydrogens (tertiary/aromatic N) is 6. The number of aromatic nitrogens is 4. The summed E-state index contributed by atoms with van der Waals surface area (Å²) < 4.78 is 12.7. The van der Waals surface area contributed by atoms with E-state index >= 15 is 0 Å². The molecule has 32 heavy (non-hydrogen) atoms. The summed E-state index contributed by atoms with van der Waals surface area (Å²) in [6.45, 7) is 4.19. The normalized spacial score (nSPS) is 13.7. The number of ether oxygens (including phenoxy) is 2. The molecule has 4 rings (SSSR count). The molecule has 3 aromatic rings. The molecule has 12 heteroatoms. The van der Waals surface area contributed by atoms with Gasteiger partial charge in [0.2, 0.25) is 5.95 Å². The Morgan fingerprint density at radius 2 is 2.06 bits per heavy atom. The van der Waals surface area contributed by atoms with Gasteiger partial charge in [-0.15, -0.1) is 0 Å². The van der Waals surface area contributed by atoms with E-state index in [4.69, 9.17) is 25.9 Å². The number of aryl methyl sites for hydroxylation is 1. The number of rotatable bonds is 5. The fourth-order valence-corrected chi connectivity index (χ4v) is 3.63. The molecule has 1 aliphatic rings. The molecule has 3 aromatic heterocycles. The first-order valence-corrected chi connectivity index (χ1v) is 9.94. The van der Waals surface area contributed by atoms with E-state index in [9.17, 15) is 10.1 Å². The molecule has 1 saturated heterocycles. The van der Waals surface area contributed by atoms with Crippen LogP contribution < -0.4 is 26.4 Å². The minimum absolute atomic E-state index is 0.000446. The van der Waals surface area contributed by atoms with Crippen LogP contribution in [0.25, 0.3) is 11.0 Å². The van der Waals surface area contributed by atoms with Gasteiger partial charge in [-0.05, 0) is 6.07 Å². The van der Waals surface area contributed by atoms with Crippen LogP contribution in [-0.2, 0) is 23.1 Å². The zero-order valence-corrected chi connectivity index (χ0v) is 17.8. The van der Waals surface area contributed by atoms with Crippen molar-refractivity contribution in [3.05, 3.63) is 23.5 Å². The summed E-state index contributed by atoms with van der Waals surface area (Å²) >= 11 is 0. The molecule has 0 aromatic carbocycles. The molecular weight excluding hydrogens is 414 g/mol. The summed E-state index contributed by atoms with van der Waals surface area (Å²) in [5.74, 6) is 0.126. The zero-order valence-electron chi connectivity index (χ0n) is 17.8. The van der Waals surface area contributed by atoms with Gasteiger partial charge in [-0.2, -0.15) is 15.2 Å². The number of morpholine rings is 1. The Morgan fingerprint density at radius 3 is 2.75 bits per heavy atom. The van der Waals surface area contributed by atoms with E-state index in [0.717, 1.165) is 11.2 Å². The molecule has 0 atom stereocenters. The Bertz CT molecular complexity index is 1230. The van der Waals surface area contributed by atoms with Gasteiger partial charge in [0.05, 0.1) is 36.7 Å². The van der Waals surface area contributed by atoms with Gasteiger partial charge < -0.3 is 35.7 Å². The third kappa shape index (κ3) is 4.06. The first-order chi connectivity index (χ1) is 15.4. The second-order valence-corrected chi connectivity index (χ2v) is 7.28. The number of hydrogen-bond donors (Lipinski definition) is 3. The van der Waals surface area contributed by atoms with E-state index in [1.54, 1.807) is 6.20 Å². The molecule has 0 saturated carbocycles. The smallest absolute Gasteiger partial charge is 0.308 e. The number of fused-ring (bicyclic) bond motifs is 1. The number of esters is 1. The maximum Gasteiger partial charge on any atom is 0.308 e. The van der Waals surface area contributed by atoms with Crippen molar-refractivity contribution in [1.29, 1.82) is 5.26 Å². The Labute approximate surface area is 183 Å². The highest BCUT2D eigenvalue weighted by Crippen LogP contribution is 2.32. The second-order valence-electron chi connectivity index (χ2n) is 7.28. The van der Waals surface area contributed by atoms with Gasteiger partial charge >= 0.3 is 5.97 Å². The molecule has 5 N–H and O–H groups in total. The lowest BCUT2D eigenvalue weighted by molar-refractivity contribution is -0.131. The van der Waals surface area contributed by atoms with Crippen LogP contribution >= 0.6 is 0 Å². The molecular formula is C20H23N9O3. The molecule has 0 radical (unpaired) electrons. The molecule has 12 nitrogen and oxygen atoms in total. The first kappa shape index (κ1) is 21.1. The quantitative estimate of drug-likeness (QED) is 0.482. The van der Waals surface area contributed by atoms with E-state index in [2.05, 4.69) is 20.2 Å². The minimum Gasteiger partial charge on any atom is -0.423 e. The van der Waals surface area contributed by atoms with Crippen molar-refractivity contribution in [1.82, 2.24) is 19.5 Å². The molecule has 4 heterocycles. The largest absolute Gasteiger partial charge is 0.423 e. The standard InChI is InChI=1S/C20H23N9O3/c1-11(30)32-16-10-28(2)15-7-14(29-3-5-31-6-4-29)13(25-17(15)16)9-24-19-12(8-21)18(22)26-20(23)27-19/h7,10H,3-6,9H2,1-2H3,(H5,22,23,24,26,27). The number of nitriles is 1. The minimum atomic E-state index is -0.429. The van der Waals surface area contributed by atoms with Gasteiger partial charge in [0.25, 0.3) is 0 Å². The van der Waals surface area contributed by atoms with Gasteiger partial charge in [-0.3, -0.25) is 4.79 Å². The highest BCUT2D eigenvalue weighted by Gasteiger charge is 2.21. The van der Waals surface area contributed by atoms with Crippen molar-refractivity contribution in [3.8, 4) is 11.8 Å². The lowest BCUT2D eigenvalue weighted by Crippen LogP contribution is -2.37. The Hall–Kier alpha value is -4.11. The Morgan fingerprint density at radius 1 is 1.31 bits per heavy atom. The number of anilines is 4. The van der Waals surface area contributed by atoms with Crippen LogP contribution in [0, 0.1) is 11.3 Å². The molecule has 0 unspecified atom stereocenters. The number of hydrogen-bond acceptors (Lipinski definition) is 11. The van der Waals surface area contributed by atoms with Crippen molar-refractivity contribution in [2.24, 2.45) is 7.05 Å². The van der Waals surface area contributed by atoms with E-state index in [0.29, 0.717) is 43.3 Å². The summed E-state index contributed by atoms with van der Waals surface area (Å²) in [6, 6.07) is 4.00. The third-order valence-electron chi connectivity index (χ3n) is 5.08. The highest BCUT2D eigenvalue weighted by atomic mass is 16.5. The SMILES string of the molecule is CC(=O)Oc1cn(C)c2cc(N3CCOCC3)c(CNc3nc(N)nc(N)c3C#N)nc12. The average Bonchev–Trinajstić information content (AvgIpc) is 3.05. The van der Waals surface area contributed by atoms with E-state index < -0.39 is 5.97 Å². The summed E-state index contributed by atoms with van der Waals surface area (Å²) in [4.78, 5) is 26.5. The van der Waals surface area contributed by atoms with Crippen molar-refractivity contribution >= 4 is 40.3 Å². The maximum atomic E-state index is 11.5. The van der Waals surface area contributed by atoms with Gasteiger partial charge in [0, 0.05) is 33.3 Å². The van der Waals surface area contributed by atoms with Crippen LogP contribution in [0.5, 0.6) is 5.75 Å². The first-order valence-electron chi connectivity index (χ1n) is 9.94. The monoisotopic (exact) mass is 437 g/mol. The topological polar surface area (TPSA) is 170 Å². The number of nitrogens with one attached hydrogen (secondary N) is 1. The number of nitrogen functional groups attached to an aromatic ring is 2. The van der Waals surface area contributed by atoms with Crippen LogP contribution in [0.15, 0.2) is 12.3 Å². The number of pyridine rings is 1. The second kappa shape index (κ2) is 8.56. The summed E-state index contributed by atoms with van der Waals surface area (Å²) in [7, 11) is 1.86. The molecule has 0 spiro atoms. The zero-order chi connectivity index (χ0) is 22.8. The Kier molecular flexibility index (Phi) is 5.65. The molecule has 166 valence electrons. The summed E-state index contributed by atoms with van der Waals surface area (Å²) in [6.07, 6.45) is 1.72. The van der Waals surface area contributed by atoms with Crippen molar-refractivity contribution in [2.75, 3.05) is 48.0 Å². The van der Waals surface area contributed by atoms with Gasteiger partial charge in [-0.1, -0.05) is 0 Å². The summed E-state index contributed by atoms with van der Waals surface area (Å²) in [5.41, 5.74) is 14.6. The van der Waals surface area contributed by atoms with Crippen molar-refractivity contribution in [3.63, 3.8) is 0 Å². The predicted octanol–water partition coefficient (Wildman–Crippen LogP) is 0.773. The van der Waals surface area contributed by atoms with Gasteiger partial charge in [-0.25, -0.2) is 4.98 Å². The van der Waals surface area contributed by atoms with Gasteiger partial charge in [0.15, 0.2) is 11.6 Å². The van der Waals surface area contributed by atoms with Gasteiger partial charge in [0.1, 0.15) is 23.0 Å². The lowest BCUT2D eigenvalue weighted by Gasteiger charge is -2.30. The molecule has 0 aliphatic carbocycles. The van der Waals surface area contributed by atoms with Crippen molar-refractivity contribution < 1.29 is 14.3 Å². The predicted molar refractivity (Wildman–Crippen MR) is 118 cm³/mol. The molecule has 0 amide bonds. The van der Waals surface area contributed by atoms with Crippen LogP contribution in [0.4, 0.5) is 23.3 Å². The Balaban J connectivity index is 1.77. The fraction of sp³-hybridized carbons (Fsp3) is 0.350. The van der Waals surface area contributed by atoms with Crippen molar-refractivity contribution in [2.45, 2.75) is 13.5 Å². The van der Waals surface area contributed by atoms with E-state index in [-0.39, 0.29) is 29.7 Å². The van der Waals surface area contributed by atoms with E-state index in [1.165, 1.54) is 6.92 Å². The van der Waals surface area contributed by atoms with Crippen LogP contribution in [0.2, 0.25) is 0 Å². The summed E-state index contributed by atoms with van der Waals surface area (Å²) in [5, 5.41) is 12.5. The third-order valence-corrected chi connectivity index (χ3v) is 5.08. The van der Waals surface area contributed by atoms with Crippen LogP contribution in [-0.4, -0.2) is 51.8 Å². The molecule has 0 bridgehead atoms. The van der Waals surface area contributed by atoms with Crippen LogP contribution in [0.1, 0.15) is 18.2 Å². The average molecular weight is 437 g/mol. The fourth-order valence-electron chi connectivity index (χ4n) is 3.63. The number of carbonyl (C=O) groups is 1. The lowest BCUT2D eigenvalue weighted by atomic mass is 10.2. The maximum absolute atomic E-state index is 11.5.